The van der Waals surface area contributed by atoms with Crippen molar-refractivity contribution < 1.29 is 9.13 Å². The quantitative estimate of drug-likeness (QED) is 0.621. The van der Waals surface area contributed by atoms with Gasteiger partial charge in [0.1, 0.15) is 5.82 Å². The summed E-state index contributed by atoms with van der Waals surface area (Å²) in [5.41, 5.74) is 0. The maximum absolute atomic E-state index is 12.8. The largest absolute Gasteiger partial charge is 0.484 e. The number of ether oxygens (including phenoxy) is 1. The first-order valence-corrected chi connectivity index (χ1v) is 8.75. The van der Waals surface area contributed by atoms with Crippen LogP contribution in [0.5, 0.6) is 5.06 Å². The molecule has 0 atom stereocenters. The second-order valence-corrected chi connectivity index (χ2v) is 6.59. The molecular formula is C16H27ClFNOS. The number of halogens is 2. The Kier molecular flexibility index (Phi) is 9.29. The number of hydrogen-bond donors (Lipinski definition) is 0. The lowest BCUT2D eigenvalue weighted by atomic mass is 9.94. The maximum Gasteiger partial charge on any atom is 0.176 e. The van der Waals surface area contributed by atoms with E-state index in [1.54, 1.807) is 0 Å². The third-order valence-electron chi connectivity index (χ3n) is 4.10. The molecule has 1 aromatic rings. The molecule has 2 nitrogen and oxygen atoms in total. The summed E-state index contributed by atoms with van der Waals surface area (Å²) in [4.78, 5) is 2.60. The lowest BCUT2D eigenvalue weighted by molar-refractivity contribution is 0.162. The first-order valence-electron chi connectivity index (χ1n) is 7.87. The number of hydrogen-bond acceptors (Lipinski definition) is 3. The second-order valence-electron chi connectivity index (χ2n) is 5.71. The van der Waals surface area contributed by atoms with Crippen LogP contribution in [-0.2, 0) is 0 Å². The number of piperidine rings is 1. The highest BCUT2D eigenvalue weighted by molar-refractivity contribution is 7.11. The van der Waals surface area contributed by atoms with E-state index in [1.165, 1.54) is 74.5 Å². The van der Waals surface area contributed by atoms with Crippen molar-refractivity contribution in [3.8, 4) is 5.06 Å². The van der Waals surface area contributed by atoms with Crippen LogP contribution < -0.4 is 4.74 Å². The normalized spacial score (nSPS) is 16.7. The molecule has 122 valence electrons. The molecule has 5 heteroatoms. The first kappa shape index (κ1) is 18.7. The van der Waals surface area contributed by atoms with Crippen LogP contribution in [0, 0.1) is 11.7 Å². The van der Waals surface area contributed by atoms with Gasteiger partial charge in [0.25, 0.3) is 0 Å². The van der Waals surface area contributed by atoms with Crippen LogP contribution in [0.25, 0.3) is 0 Å². The molecule has 1 aromatic heterocycles. The Hall–Kier alpha value is -0.320. The minimum Gasteiger partial charge on any atom is -0.484 e. The summed E-state index contributed by atoms with van der Waals surface area (Å²) in [6.45, 7) is 6.72. The highest BCUT2D eigenvalue weighted by Crippen LogP contribution is 2.24. The van der Waals surface area contributed by atoms with Gasteiger partial charge < -0.3 is 9.64 Å². The lowest BCUT2D eigenvalue weighted by Crippen LogP contribution is -2.34. The van der Waals surface area contributed by atoms with Gasteiger partial charge in [0.2, 0.25) is 0 Å². The number of likely N-dealkylation sites (tertiary alicyclic amines) is 1. The second kappa shape index (κ2) is 10.4. The number of unbranched alkanes of at least 4 members (excludes halogenated alkanes) is 2. The SMILES string of the molecule is CCCCCN1CCC(CCOc2cc(F)cs2)CC1.Cl. The minimum absolute atomic E-state index is 0. The Morgan fingerprint density at radius 2 is 2.10 bits per heavy atom. The number of rotatable bonds is 8. The van der Waals surface area contributed by atoms with E-state index in [4.69, 9.17) is 4.74 Å². The average molecular weight is 336 g/mol. The summed E-state index contributed by atoms with van der Waals surface area (Å²) in [6, 6.07) is 1.47. The topological polar surface area (TPSA) is 12.5 Å². The van der Waals surface area contributed by atoms with E-state index >= 15 is 0 Å². The van der Waals surface area contributed by atoms with Gasteiger partial charge in [-0.05, 0) is 51.2 Å². The predicted octanol–water partition coefficient (Wildman–Crippen LogP) is 4.98. The fourth-order valence-corrected chi connectivity index (χ4v) is 3.41. The summed E-state index contributed by atoms with van der Waals surface area (Å²) in [5, 5.41) is 2.20. The summed E-state index contributed by atoms with van der Waals surface area (Å²) < 4.78 is 18.4. The fraction of sp³-hybridized carbons (Fsp3) is 0.750. The first-order chi connectivity index (χ1) is 9.78. The zero-order chi connectivity index (χ0) is 14.2. The molecule has 2 rings (SSSR count). The third-order valence-corrected chi connectivity index (χ3v) is 4.91. The Morgan fingerprint density at radius 1 is 1.33 bits per heavy atom. The van der Waals surface area contributed by atoms with Crippen LogP contribution in [0.15, 0.2) is 11.4 Å². The van der Waals surface area contributed by atoms with Crippen LogP contribution in [0.3, 0.4) is 0 Å². The van der Waals surface area contributed by atoms with Gasteiger partial charge in [-0.15, -0.1) is 23.7 Å². The molecule has 0 spiro atoms. The number of thiophene rings is 1. The van der Waals surface area contributed by atoms with Gasteiger partial charge in [-0.2, -0.15) is 0 Å². The van der Waals surface area contributed by atoms with E-state index in [0.717, 1.165) is 18.9 Å². The molecule has 0 bridgehead atoms. The molecule has 1 fully saturated rings. The van der Waals surface area contributed by atoms with Crippen molar-refractivity contribution in [2.45, 2.75) is 45.4 Å². The Bertz CT molecular complexity index is 380. The van der Waals surface area contributed by atoms with Crippen LogP contribution in [0.4, 0.5) is 4.39 Å². The van der Waals surface area contributed by atoms with Crippen molar-refractivity contribution in [1.29, 1.82) is 0 Å². The van der Waals surface area contributed by atoms with Gasteiger partial charge in [0, 0.05) is 11.4 Å². The van der Waals surface area contributed by atoms with Gasteiger partial charge in [0.05, 0.1) is 6.61 Å². The van der Waals surface area contributed by atoms with E-state index in [-0.39, 0.29) is 18.2 Å². The van der Waals surface area contributed by atoms with Gasteiger partial charge in [0.15, 0.2) is 5.06 Å². The summed E-state index contributed by atoms with van der Waals surface area (Å²) in [5.74, 6) is 0.590. The van der Waals surface area contributed by atoms with Crippen molar-refractivity contribution in [3.63, 3.8) is 0 Å². The molecule has 0 radical (unpaired) electrons. The zero-order valence-corrected chi connectivity index (χ0v) is 14.5. The van der Waals surface area contributed by atoms with Crippen molar-refractivity contribution >= 4 is 23.7 Å². The van der Waals surface area contributed by atoms with E-state index in [1.807, 2.05) is 0 Å². The van der Waals surface area contributed by atoms with E-state index in [9.17, 15) is 4.39 Å². The molecule has 1 aliphatic heterocycles. The Labute approximate surface area is 138 Å². The molecule has 0 N–H and O–H groups in total. The van der Waals surface area contributed by atoms with Gasteiger partial charge >= 0.3 is 0 Å². The molecular weight excluding hydrogens is 309 g/mol. The summed E-state index contributed by atoms with van der Waals surface area (Å²) in [7, 11) is 0. The lowest BCUT2D eigenvalue weighted by Gasteiger charge is -2.31. The summed E-state index contributed by atoms with van der Waals surface area (Å²) >= 11 is 1.34. The molecule has 2 heterocycles. The Balaban J connectivity index is 0.00000220. The third kappa shape index (κ3) is 6.98. The van der Waals surface area contributed by atoms with Gasteiger partial charge in [-0.1, -0.05) is 19.8 Å². The molecule has 0 saturated carbocycles. The molecule has 21 heavy (non-hydrogen) atoms. The van der Waals surface area contributed by atoms with E-state index in [2.05, 4.69) is 11.8 Å². The summed E-state index contributed by atoms with van der Waals surface area (Å²) in [6.07, 6.45) is 7.67. The Morgan fingerprint density at radius 3 is 2.71 bits per heavy atom. The highest BCUT2D eigenvalue weighted by Gasteiger charge is 2.18. The molecule has 0 amide bonds. The smallest absolute Gasteiger partial charge is 0.176 e. The van der Waals surface area contributed by atoms with Crippen LogP contribution >= 0.6 is 23.7 Å². The van der Waals surface area contributed by atoms with E-state index in [0.29, 0.717) is 5.06 Å². The average Bonchev–Trinajstić information content (AvgIpc) is 2.87. The van der Waals surface area contributed by atoms with Crippen LogP contribution in [0.1, 0.15) is 45.4 Å². The van der Waals surface area contributed by atoms with Crippen molar-refractivity contribution in [2.75, 3.05) is 26.2 Å². The van der Waals surface area contributed by atoms with Crippen molar-refractivity contribution in [2.24, 2.45) is 5.92 Å². The molecule has 1 saturated heterocycles. The predicted molar refractivity (Wildman–Crippen MR) is 90.3 cm³/mol. The molecule has 0 unspecified atom stereocenters. The van der Waals surface area contributed by atoms with Crippen molar-refractivity contribution in [1.82, 2.24) is 4.90 Å². The van der Waals surface area contributed by atoms with Crippen LogP contribution in [0.2, 0.25) is 0 Å². The standard InChI is InChI=1S/C16H26FNOS.ClH/c1-2-3-4-8-18-9-5-14(6-10-18)7-11-19-16-12-15(17)13-20-16;/h12-14H,2-11H2,1H3;1H. The molecule has 1 aliphatic rings. The van der Waals surface area contributed by atoms with Crippen LogP contribution in [-0.4, -0.2) is 31.1 Å². The number of nitrogens with zero attached hydrogens (tertiary/aromatic N) is 1. The van der Waals surface area contributed by atoms with Gasteiger partial charge in [-0.25, -0.2) is 4.39 Å². The van der Waals surface area contributed by atoms with E-state index < -0.39 is 0 Å². The van der Waals surface area contributed by atoms with Crippen molar-refractivity contribution in [3.05, 3.63) is 17.3 Å². The maximum atomic E-state index is 12.8. The minimum atomic E-state index is -0.189. The molecule has 0 aliphatic carbocycles. The monoisotopic (exact) mass is 335 g/mol. The fourth-order valence-electron chi connectivity index (χ4n) is 2.78. The zero-order valence-electron chi connectivity index (χ0n) is 12.9. The molecule has 0 aromatic carbocycles. The van der Waals surface area contributed by atoms with Gasteiger partial charge in [-0.3, -0.25) is 0 Å². The highest BCUT2D eigenvalue weighted by atomic mass is 35.5.